The highest BCUT2D eigenvalue weighted by Crippen LogP contribution is 2.40. The number of aliphatic hydroxyl groups is 1. The minimum Gasteiger partial charge on any atom is -0.618 e. The molecule has 0 radical (unpaired) electrons. The van der Waals surface area contributed by atoms with Crippen LogP contribution in [0.2, 0.25) is 0 Å². The molecule has 3 atom stereocenters. The SMILES string of the molecule is Nc1ccccc1NC(=O)CCCC(=O)NCc1ccccc1-c1ccc([C@H]2O[C@@H](CSc3cccc[n+]3[O-])C[C@@H](c3ccc(CO)cc3)O2)cc1. The van der Waals surface area contributed by atoms with Gasteiger partial charge in [-0.15, -0.1) is 0 Å². The van der Waals surface area contributed by atoms with Gasteiger partial charge in [-0.2, -0.15) is 4.73 Å². The topological polar surface area (TPSA) is 150 Å². The molecule has 2 amide bonds. The van der Waals surface area contributed by atoms with Gasteiger partial charge in [0.1, 0.15) is 0 Å². The molecule has 0 bridgehead atoms. The Hall–Kier alpha value is -5.20. The average molecular weight is 719 g/mol. The van der Waals surface area contributed by atoms with Crippen LogP contribution in [0.3, 0.4) is 0 Å². The monoisotopic (exact) mass is 718 g/mol. The number of benzene rings is 4. The van der Waals surface area contributed by atoms with Crippen LogP contribution < -0.4 is 21.1 Å². The van der Waals surface area contributed by atoms with Crippen LogP contribution in [-0.2, 0) is 32.2 Å². The summed E-state index contributed by atoms with van der Waals surface area (Å²) < 4.78 is 13.9. The van der Waals surface area contributed by atoms with Gasteiger partial charge in [-0.1, -0.05) is 96.7 Å². The number of para-hydroxylation sites is 2. The van der Waals surface area contributed by atoms with E-state index in [4.69, 9.17) is 15.2 Å². The zero-order chi connectivity index (χ0) is 36.3. The molecular weight excluding hydrogens is 677 g/mol. The number of ether oxygens (including phenoxy) is 2. The number of pyridine rings is 1. The first-order chi connectivity index (χ1) is 25.4. The van der Waals surface area contributed by atoms with E-state index in [2.05, 4.69) is 10.6 Å². The number of nitrogens with one attached hydrogen (secondary N) is 2. The van der Waals surface area contributed by atoms with Gasteiger partial charge in [0.25, 0.3) is 5.03 Å². The molecule has 11 heteroatoms. The van der Waals surface area contributed by atoms with Crippen molar-refractivity contribution in [3.8, 4) is 11.1 Å². The smallest absolute Gasteiger partial charge is 0.251 e. The molecule has 1 saturated heterocycles. The van der Waals surface area contributed by atoms with Crippen molar-refractivity contribution in [2.24, 2.45) is 0 Å². The van der Waals surface area contributed by atoms with Gasteiger partial charge in [0.2, 0.25) is 11.8 Å². The van der Waals surface area contributed by atoms with Gasteiger partial charge in [0.15, 0.2) is 12.5 Å². The standard InChI is InChI=1S/C41H42N4O6S/c42-35-10-3-4-11-36(35)44-39(48)13-7-12-38(47)43-25-32-8-1-2-9-34(32)29-19-21-31(22-20-29)41-50-33(27-52-40-14-5-6-23-45(40)49)24-37(51-41)30-17-15-28(26-46)16-18-30/h1-6,8-11,14-23,33,37,41,46H,7,12-13,24-27,42H2,(H,43,47)(H,44,48)/t33-,37+,41+/m1/s1. The third-order valence-electron chi connectivity index (χ3n) is 8.85. The Morgan fingerprint density at radius 1 is 0.846 bits per heavy atom. The van der Waals surface area contributed by atoms with Crippen molar-refractivity contribution >= 4 is 35.0 Å². The normalized spacial score (nSPS) is 17.0. The molecule has 52 heavy (non-hydrogen) atoms. The van der Waals surface area contributed by atoms with Crippen LogP contribution >= 0.6 is 11.8 Å². The van der Waals surface area contributed by atoms with Gasteiger partial charge >= 0.3 is 0 Å². The van der Waals surface area contributed by atoms with Crippen LogP contribution in [0.4, 0.5) is 11.4 Å². The number of hydrogen-bond donors (Lipinski definition) is 4. The number of aromatic nitrogens is 1. The maximum atomic E-state index is 12.7. The highest BCUT2D eigenvalue weighted by atomic mass is 32.2. The predicted octanol–water partition coefficient (Wildman–Crippen LogP) is 6.82. The number of carbonyl (C=O) groups is 2. The zero-order valence-electron chi connectivity index (χ0n) is 28.7. The summed E-state index contributed by atoms with van der Waals surface area (Å²) in [4.78, 5) is 25.0. The van der Waals surface area contributed by atoms with Crippen LogP contribution in [0.1, 0.15) is 60.3 Å². The van der Waals surface area contributed by atoms with Crippen molar-refractivity contribution in [2.75, 3.05) is 16.8 Å². The van der Waals surface area contributed by atoms with Crippen LogP contribution in [-0.4, -0.2) is 28.8 Å². The molecule has 1 aliphatic rings. The van der Waals surface area contributed by atoms with E-state index < -0.39 is 6.29 Å². The highest BCUT2D eigenvalue weighted by Gasteiger charge is 2.32. The largest absolute Gasteiger partial charge is 0.618 e. The third-order valence-corrected chi connectivity index (χ3v) is 10.0. The number of aliphatic hydroxyl groups excluding tert-OH is 1. The van der Waals surface area contributed by atoms with Gasteiger partial charge in [0.05, 0.1) is 30.2 Å². The van der Waals surface area contributed by atoms with Gasteiger partial charge in [-0.05, 0) is 52.4 Å². The molecule has 1 aromatic heterocycles. The van der Waals surface area contributed by atoms with Gasteiger partial charge in [-0.3, -0.25) is 9.59 Å². The molecule has 1 fully saturated rings. The number of nitrogens with two attached hydrogens (primary N) is 1. The molecule has 5 N–H and O–H groups in total. The van der Waals surface area contributed by atoms with Gasteiger partial charge in [-0.25, -0.2) is 0 Å². The fourth-order valence-electron chi connectivity index (χ4n) is 6.02. The fourth-order valence-corrected chi connectivity index (χ4v) is 6.95. The number of amides is 2. The van der Waals surface area contributed by atoms with E-state index in [9.17, 15) is 19.9 Å². The third kappa shape index (κ3) is 9.77. The summed E-state index contributed by atoms with van der Waals surface area (Å²) in [7, 11) is 0. The second-order valence-corrected chi connectivity index (χ2v) is 13.6. The van der Waals surface area contributed by atoms with Crippen LogP contribution in [0.15, 0.2) is 126 Å². The quantitative estimate of drug-likeness (QED) is 0.0423. The lowest BCUT2D eigenvalue weighted by molar-refractivity contribution is -0.645. The maximum Gasteiger partial charge on any atom is 0.251 e. The summed E-state index contributed by atoms with van der Waals surface area (Å²) in [5.41, 5.74) is 12.6. The van der Waals surface area contributed by atoms with Crippen molar-refractivity contribution in [1.29, 1.82) is 0 Å². The van der Waals surface area contributed by atoms with Crippen molar-refractivity contribution in [2.45, 2.75) is 62.4 Å². The number of hydrogen-bond acceptors (Lipinski definition) is 8. The lowest BCUT2D eigenvalue weighted by Gasteiger charge is -2.36. The molecule has 6 rings (SSSR count). The molecule has 0 aliphatic carbocycles. The molecule has 0 spiro atoms. The Kier molecular flexibility index (Phi) is 12.5. The number of anilines is 2. The highest BCUT2D eigenvalue weighted by molar-refractivity contribution is 7.99. The predicted molar refractivity (Wildman–Crippen MR) is 202 cm³/mol. The second kappa shape index (κ2) is 17.8. The summed E-state index contributed by atoms with van der Waals surface area (Å²) in [6.07, 6.45) is 1.89. The van der Waals surface area contributed by atoms with Crippen molar-refractivity contribution in [3.63, 3.8) is 0 Å². The van der Waals surface area contributed by atoms with E-state index in [1.54, 1.807) is 36.4 Å². The lowest BCUT2D eigenvalue weighted by atomic mass is 9.97. The minimum absolute atomic E-state index is 0.0306. The summed E-state index contributed by atoms with van der Waals surface area (Å²) >= 11 is 1.45. The summed E-state index contributed by atoms with van der Waals surface area (Å²) in [5.74, 6) is 0.258. The summed E-state index contributed by atoms with van der Waals surface area (Å²) in [6, 6.07) is 36.1. The first-order valence-corrected chi connectivity index (χ1v) is 18.3. The lowest BCUT2D eigenvalue weighted by Crippen LogP contribution is -2.32. The van der Waals surface area contributed by atoms with Crippen LogP contribution in [0.5, 0.6) is 0 Å². The summed E-state index contributed by atoms with van der Waals surface area (Å²) in [5, 5.41) is 28.2. The molecule has 2 heterocycles. The second-order valence-electron chi connectivity index (χ2n) is 12.6. The van der Waals surface area contributed by atoms with Gasteiger partial charge in [0, 0.05) is 49.3 Å². The van der Waals surface area contributed by atoms with Crippen molar-refractivity contribution in [3.05, 3.63) is 149 Å². The molecular formula is C41H42N4O6S. The number of nitrogens with zero attached hydrogens (tertiary/aromatic N) is 1. The Labute approximate surface area is 307 Å². The molecule has 1 aliphatic heterocycles. The van der Waals surface area contributed by atoms with E-state index in [1.807, 2.05) is 78.9 Å². The first-order valence-electron chi connectivity index (χ1n) is 17.3. The van der Waals surface area contributed by atoms with Crippen molar-refractivity contribution < 1.29 is 28.9 Å². The molecule has 10 nitrogen and oxygen atoms in total. The summed E-state index contributed by atoms with van der Waals surface area (Å²) in [6.45, 7) is 0.316. The van der Waals surface area contributed by atoms with E-state index in [0.717, 1.165) is 38.1 Å². The Balaban J connectivity index is 1.08. The van der Waals surface area contributed by atoms with E-state index in [0.29, 0.717) is 41.5 Å². The van der Waals surface area contributed by atoms with Crippen LogP contribution in [0, 0.1) is 5.21 Å². The van der Waals surface area contributed by atoms with Gasteiger partial charge < -0.3 is 36.2 Å². The molecule has 0 unspecified atom stereocenters. The fraction of sp³-hybridized carbons (Fsp3) is 0.244. The number of thioether (sulfide) groups is 1. The first kappa shape index (κ1) is 36.6. The maximum absolute atomic E-state index is 12.7. The Morgan fingerprint density at radius 2 is 1.56 bits per heavy atom. The van der Waals surface area contributed by atoms with E-state index in [1.165, 1.54) is 18.0 Å². The van der Waals surface area contributed by atoms with E-state index in [-0.39, 0.29) is 43.5 Å². The minimum atomic E-state index is -0.632. The molecule has 268 valence electrons. The Bertz CT molecular complexity index is 1960. The molecule has 0 saturated carbocycles. The average Bonchev–Trinajstić information content (AvgIpc) is 3.18. The zero-order valence-corrected chi connectivity index (χ0v) is 29.5. The Morgan fingerprint density at radius 3 is 2.33 bits per heavy atom. The molecule has 4 aromatic carbocycles. The van der Waals surface area contributed by atoms with Crippen LogP contribution in [0.25, 0.3) is 11.1 Å². The number of nitrogen functional groups attached to an aromatic ring is 1. The molecule has 5 aromatic rings. The van der Waals surface area contributed by atoms with E-state index >= 15 is 0 Å². The number of carbonyl (C=O) groups excluding carboxylic acids is 2. The van der Waals surface area contributed by atoms with Crippen molar-refractivity contribution in [1.82, 2.24) is 5.32 Å². The number of rotatable bonds is 14.